The van der Waals surface area contributed by atoms with Crippen molar-refractivity contribution in [1.29, 1.82) is 0 Å². The van der Waals surface area contributed by atoms with Gasteiger partial charge in [0.25, 0.3) is 0 Å². The minimum atomic E-state index is -1.06. The molecule has 28 heavy (non-hydrogen) atoms. The Morgan fingerprint density at radius 1 is 1.18 bits per heavy atom. The van der Waals surface area contributed by atoms with Crippen LogP contribution in [0.25, 0.3) is 0 Å². The van der Waals surface area contributed by atoms with Gasteiger partial charge in [-0.05, 0) is 18.9 Å². The molecule has 1 aromatic rings. The second-order valence-electron chi connectivity index (χ2n) is 7.09. The fourth-order valence-corrected chi connectivity index (χ4v) is 2.68. The quantitative estimate of drug-likeness (QED) is 0.318. The van der Waals surface area contributed by atoms with Crippen molar-refractivity contribution in [3.05, 3.63) is 48.0 Å². The molecule has 1 aromatic carbocycles. The summed E-state index contributed by atoms with van der Waals surface area (Å²) in [5, 5.41) is 12.9. The molecule has 0 saturated heterocycles. The molecule has 0 fully saturated rings. The molecule has 0 saturated carbocycles. The minimum Gasteiger partial charge on any atom is -0.467 e. The molecule has 0 radical (unpaired) electrons. The van der Waals surface area contributed by atoms with E-state index in [-0.39, 0.29) is 6.61 Å². The number of carbonyl (C=O) groups excluding carboxylic acids is 2. The average molecular weight is 392 g/mol. The molecule has 0 aliphatic carbocycles. The summed E-state index contributed by atoms with van der Waals surface area (Å²) in [6, 6.07) is 8.21. The molecule has 0 heterocycles. The van der Waals surface area contributed by atoms with Gasteiger partial charge in [-0.1, -0.05) is 81.5 Å². The molecule has 1 rings (SSSR count). The highest BCUT2D eigenvalue weighted by Crippen LogP contribution is 2.17. The topological polar surface area (TPSA) is 84.9 Å². The number of aliphatic hydroxyl groups is 1. The Balaban J connectivity index is 2.55. The summed E-state index contributed by atoms with van der Waals surface area (Å²) in [5.41, 5.74) is -0.220. The standard InChI is InChI=1S/C22H33NO5/c1-4-5-6-7-11-15-22(2,26)16-14-19(20(24)27-3)23-21(25)28-17-18-12-9-8-10-13-18/h8-10,12-14,16,19,26H,4-7,11,15,17H2,1-3H3,(H,23,25)/b16-14+/t19-,22?/m1/s1. The summed E-state index contributed by atoms with van der Waals surface area (Å²) in [6.07, 6.45) is 8.29. The zero-order valence-electron chi connectivity index (χ0n) is 17.1. The molecular formula is C22H33NO5. The van der Waals surface area contributed by atoms with Crippen molar-refractivity contribution < 1.29 is 24.2 Å². The van der Waals surface area contributed by atoms with Gasteiger partial charge in [0.05, 0.1) is 12.7 Å². The summed E-state index contributed by atoms with van der Waals surface area (Å²) >= 11 is 0. The third kappa shape index (κ3) is 10.1. The van der Waals surface area contributed by atoms with E-state index in [1.807, 2.05) is 30.3 Å². The molecule has 0 aliphatic heterocycles. The number of alkyl carbamates (subject to hydrolysis) is 1. The fourth-order valence-electron chi connectivity index (χ4n) is 2.68. The van der Waals surface area contributed by atoms with Gasteiger partial charge in [-0.15, -0.1) is 0 Å². The van der Waals surface area contributed by atoms with Crippen molar-refractivity contribution in [3.63, 3.8) is 0 Å². The van der Waals surface area contributed by atoms with E-state index in [0.29, 0.717) is 6.42 Å². The van der Waals surface area contributed by atoms with Gasteiger partial charge in [-0.25, -0.2) is 9.59 Å². The van der Waals surface area contributed by atoms with Crippen LogP contribution in [0.1, 0.15) is 57.9 Å². The highest BCUT2D eigenvalue weighted by Gasteiger charge is 2.22. The number of hydrogen-bond acceptors (Lipinski definition) is 5. The number of rotatable bonds is 12. The molecule has 1 unspecified atom stereocenters. The van der Waals surface area contributed by atoms with E-state index in [4.69, 9.17) is 9.47 Å². The van der Waals surface area contributed by atoms with Gasteiger partial charge < -0.3 is 19.9 Å². The molecule has 2 N–H and O–H groups in total. The third-order valence-electron chi connectivity index (χ3n) is 4.38. The molecular weight excluding hydrogens is 358 g/mol. The van der Waals surface area contributed by atoms with Crippen LogP contribution in [-0.2, 0) is 20.9 Å². The first-order chi connectivity index (χ1) is 13.4. The Morgan fingerprint density at radius 2 is 1.86 bits per heavy atom. The van der Waals surface area contributed by atoms with E-state index in [9.17, 15) is 14.7 Å². The molecule has 156 valence electrons. The molecule has 6 nitrogen and oxygen atoms in total. The molecule has 0 aromatic heterocycles. The Labute approximate surface area is 167 Å². The van der Waals surface area contributed by atoms with Crippen molar-refractivity contribution in [2.75, 3.05) is 7.11 Å². The summed E-state index contributed by atoms with van der Waals surface area (Å²) in [4.78, 5) is 24.0. The average Bonchev–Trinajstić information content (AvgIpc) is 2.69. The van der Waals surface area contributed by atoms with Gasteiger partial charge in [0.1, 0.15) is 12.6 Å². The number of hydrogen-bond donors (Lipinski definition) is 2. The lowest BCUT2D eigenvalue weighted by atomic mass is 9.96. The lowest BCUT2D eigenvalue weighted by Gasteiger charge is -2.20. The number of nitrogens with one attached hydrogen (secondary N) is 1. The van der Waals surface area contributed by atoms with Gasteiger partial charge in [0, 0.05) is 0 Å². The minimum absolute atomic E-state index is 0.0970. The van der Waals surface area contributed by atoms with Crippen LogP contribution in [0.5, 0.6) is 0 Å². The summed E-state index contributed by atoms with van der Waals surface area (Å²) in [7, 11) is 1.24. The van der Waals surface area contributed by atoms with Gasteiger partial charge in [0.15, 0.2) is 0 Å². The number of esters is 1. The number of unbranched alkanes of at least 4 members (excludes halogenated alkanes) is 4. The van der Waals surface area contributed by atoms with E-state index in [1.165, 1.54) is 32.1 Å². The SMILES string of the molecule is CCCCCCCC(C)(O)/C=C/[C@@H](NC(=O)OCc1ccccc1)C(=O)OC. The van der Waals surface area contributed by atoms with Crippen LogP contribution < -0.4 is 5.32 Å². The van der Waals surface area contributed by atoms with E-state index in [0.717, 1.165) is 24.8 Å². The predicted molar refractivity (Wildman–Crippen MR) is 109 cm³/mol. The summed E-state index contributed by atoms with van der Waals surface area (Å²) in [6.45, 7) is 3.94. The first-order valence-electron chi connectivity index (χ1n) is 9.84. The molecule has 0 bridgehead atoms. The van der Waals surface area contributed by atoms with Crippen LogP contribution in [0.2, 0.25) is 0 Å². The van der Waals surface area contributed by atoms with Gasteiger partial charge in [-0.2, -0.15) is 0 Å². The van der Waals surface area contributed by atoms with Crippen molar-refractivity contribution in [1.82, 2.24) is 5.32 Å². The first-order valence-corrected chi connectivity index (χ1v) is 9.84. The predicted octanol–water partition coefficient (Wildman–Crippen LogP) is 4.12. The maximum atomic E-state index is 12.0. The number of benzene rings is 1. The molecule has 2 atom stereocenters. The van der Waals surface area contributed by atoms with E-state index < -0.39 is 23.7 Å². The fraction of sp³-hybridized carbons (Fsp3) is 0.545. The van der Waals surface area contributed by atoms with Crippen LogP contribution in [-0.4, -0.2) is 35.9 Å². The number of methoxy groups -OCH3 is 1. The van der Waals surface area contributed by atoms with E-state index >= 15 is 0 Å². The van der Waals surface area contributed by atoms with E-state index in [1.54, 1.807) is 6.92 Å². The van der Waals surface area contributed by atoms with Crippen molar-refractivity contribution in [3.8, 4) is 0 Å². The van der Waals surface area contributed by atoms with Gasteiger partial charge >= 0.3 is 12.1 Å². The van der Waals surface area contributed by atoms with Gasteiger partial charge in [-0.3, -0.25) is 0 Å². The highest BCUT2D eigenvalue weighted by atomic mass is 16.6. The van der Waals surface area contributed by atoms with E-state index in [2.05, 4.69) is 12.2 Å². The van der Waals surface area contributed by atoms with Crippen molar-refractivity contribution >= 4 is 12.1 Å². The Morgan fingerprint density at radius 3 is 2.50 bits per heavy atom. The number of carbonyl (C=O) groups is 2. The van der Waals surface area contributed by atoms with Crippen molar-refractivity contribution in [2.24, 2.45) is 0 Å². The zero-order chi connectivity index (χ0) is 20.8. The maximum Gasteiger partial charge on any atom is 0.408 e. The smallest absolute Gasteiger partial charge is 0.408 e. The number of amides is 1. The van der Waals surface area contributed by atoms with Crippen molar-refractivity contribution in [2.45, 2.75) is 70.6 Å². The third-order valence-corrected chi connectivity index (χ3v) is 4.38. The Bertz CT molecular complexity index is 613. The van der Waals surface area contributed by atoms with Crippen LogP contribution in [0, 0.1) is 0 Å². The highest BCUT2D eigenvalue weighted by molar-refractivity contribution is 5.83. The Hall–Kier alpha value is -2.34. The first kappa shape index (κ1) is 23.7. The summed E-state index contributed by atoms with van der Waals surface area (Å²) < 4.78 is 9.86. The van der Waals surface area contributed by atoms with Gasteiger partial charge in [0.2, 0.25) is 0 Å². The molecule has 0 aliphatic rings. The summed E-state index contributed by atoms with van der Waals surface area (Å²) in [5.74, 6) is -0.633. The zero-order valence-corrected chi connectivity index (χ0v) is 17.1. The Kier molecular flexibility index (Phi) is 11.0. The number of ether oxygens (including phenoxy) is 2. The second kappa shape index (κ2) is 12.9. The molecule has 6 heteroatoms. The normalized spacial score (nSPS) is 14.3. The lowest BCUT2D eigenvalue weighted by molar-refractivity contribution is -0.141. The second-order valence-corrected chi connectivity index (χ2v) is 7.09. The van der Waals surface area contributed by atoms with Crippen LogP contribution in [0.4, 0.5) is 4.79 Å². The lowest BCUT2D eigenvalue weighted by Crippen LogP contribution is -2.40. The maximum absolute atomic E-state index is 12.0. The van der Waals surface area contributed by atoms with Crippen LogP contribution >= 0.6 is 0 Å². The molecule has 1 amide bonds. The largest absolute Gasteiger partial charge is 0.467 e. The van der Waals surface area contributed by atoms with Crippen LogP contribution in [0.15, 0.2) is 42.5 Å². The monoisotopic (exact) mass is 391 g/mol. The molecule has 0 spiro atoms. The van der Waals surface area contributed by atoms with Crippen LogP contribution in [0.3, 0.4) is 0 Å².